The Kier molecular flexibility index (Phi) is 11.3. The van der Waals surface area contributed by atoms with Crippen molar-refractivity contribution in [1.29, 1.82) is 0 Å². The molecule has 0 saturated carbocycles. The number of methoxy groups -OCH3 is 1. The summed E-state index contributed by atoms with van der Waals surface area (Å²) in [5.74, 6) is 0.533. The van der Waals surface area contributed by atoms with Gasteiger partial charge >= 0.3 is 18.1 Å². The number of phenols is 1. The molecule has 1 unspecified atom stereocenters. The van der Waals surface area contributed by atoms with Crippen LogP contribution in [0.25, 0.3) is 11.3 Å². The lowest BCUT2D eigenvalue weighted by Gasteiger charge is -2.18. The number of aromatic nitrogens is 1. The second kappa shape index (κ2) is 15.8. The number of nitrogens with zero attached hydrogens (tertiary/aromatic N) is 1. The highest BCUT2D eigenvalue weighted by atomic mass is 16.6. The summed E-state index contributed by atoms with van der Waals surface area (Å²) >= 11 is 0. The highest BCUT2D eigenvalue weighted by Gasteiger charge is 2.20. The van der Waals surface area contributed by atoms with Crippen LogP contribution in [0.15, 0.2) is 83.7 Å². The number of ether oxygens (including phenoxy) is 3. The van der Waals surface area contributed by atoms with E-state index in [1.807, 2.05) is 0 Å². The molecule has 13 nitrogen and oxygen atoms in total. The smallest absolute Gasteiger partial charge is 0.407 e. The van der Waals surface area contributed by atoms with Crippen molar-refractivity contribution in [1.82, 2.24) is 10.3 Å². The van der Waals surface area contributed by atoms with Gasteiger partial charge in [-0.1, -0.05) is 31.2 Å². The molecule has 13 heteroatoms. The lowest BCUT2D eigenvalue weighted by atomic mass is 10.1. The van der Waals surface area contributed by atoms with Crippen molar-refractivity contribution >= 4 is 29.5 Å². The summed E-state index contributed by atoms with van der Waals surface area (Å²) in [6.45, 7) is 1.78. The monoisotopic (exact) mass is 617 g/mol. The number of aromatic hydroxyl groups is 1. The van der Waals surface area contributed by atoms with Crippen molar-refractivity contribution in [2.24, 2.45) is 5.73 Å². The first-order chi connectivity index (χ1) is 21.7. The van der Waals surface area contributed by atoms with Gasteiger partial charge in [0.15, 0.2) is 12.2 Å². The number of anilines is 2. The number of oxazole rings is 1. The van der Waals surface area contributed by atoms with Crippen LogP contribution in [0.4, 0.5) is 21.0 Å². The second-order valence-corrected chi connectivity index (χ2v) is 9.96. The van der Waals surface area contributed by atoms with Crippen LogP contribution in [-0.4, -0.2) is 54.0 Å². The number of carbonyl (C=O) groups excluding carboxylic acids is 3. The molecule has 6 N–H and O–H groups in total. The van der Waals surface area contributed by atoms with Crippen LogP contribution >= 0.6 is 0 Å². The molecule has 0 saturated heterocycles. The van der Waals surface area contributed by atoms with E-state index in [4.69, 9.17) is 24.4 Å². The first kappa shape index (κ1) is 32.4. The number of rotatable bonds is 13. The molecule has 0 aliphatic heterocycles. The van der Waals surface area contributed by atoms with Crippen molar-refractivity contribution in [2.45, 2.75) is 38.5 Å². The fourth-order valence-electron chi connectivity index (χ4n) is 4.23. The van der Waals surface area contributed by atoms with Gasteiger partial charge in [-0.3, -0.25) is 4.79 Å². The van der Waals surface area contributed by atoms with Crippen LogP contribution in [0.5, 0.6) is 11.5 Å². The minimum absolute atomic E-state index is 0.119. The highest BCUT2D eigenvalue weighted by Crippen LogP contribution is 2.32. The molecule has 1 heterocycles. The van der Waals surface area contributed by atoms with Crippen LogP contribution in [0, 0.1) is 0 Å². The Morgan fingerprint density at radius 1 is 1.00 bits per heavy atom. The fourth-order valence-corrected chi connectivity index (χ4v) is 4.23. The summed E-state index contributed by atoms with van der Waals surface area (Å²) in [5, 5.41) is 17.6. The van der Waals surface area contributed by atoms with Gasteiger partial charge in [-0.2, -0.15) is 0 Å². The van der Waals surface area contributed by atoms with Crippen LogP contribution in [0.2, 0.25) is 0 Å². The molecule has 3 amide bonds. The maximum absolute atomic E-state index is 12.6. The molecule has 45 heavy (non-hydrogen) atoms. The number of benzene rings is 3. The van der Waals surface area contributed by atoms with Crippen molar-refractivity contribution in [3.05, 3.63) is 90.4 Å². The lowest BCUT2D eigenvalue weighted by Crippen LogP contribution is -2.37. The largest absolute Gasteiger partial charge is 0.508 e. The molecule has 0 bridgehead atoms. The van der Waals surface area contributed by atoms with Crippen LogP contribution < -0.4 is 26.4 Å². The van der Waals surface area contributed by atoms with E-state index >= 15 is 0 Å². The predicted molar refractivity (Wildman–Crippen MR) is 166 cm³/mol. The second-order valence-electron chi connectivity index (χ2n) is 9.96. The van der Waals surface area contributed by atoms with E-state index in [0.29, 0.717) is 40.4 Å². The quantitative estimate of drug-likeness (QED) is 0.130. The minimum atomic E-state index is -0.905. The zero-order chi connectivity index (χ0) is 32.2. The van der Waals surface area contributed by atoms with Gasteiger partial charge in [-0.05, 0) is 60.4 Å². The minimum Gasteiger partial charge on any atom is -0.508 e. The number of urea groups is 1. The molecule has 0 spiro atoms. The Balaban J connectivity index is 1.21. The first-order valence-electron chi connectivity index (χ1n) is 14.1. The molecule has 0 aliphatic rings. The highest BCUT2D eigenvalue weighted by molar-refractivity contribution is 6.00. The molecule has 4 aromatic rings. The third-order valence-electron chi connectivity index (χ3n) is 6.61. The van der Waals surface area contributed by atoms with Crippen molar-refractivity contribution in [3.63, 3.8) is 0 Å². The van der Waals surface area contributed by atoms with Crippen molar-refractivity contribution < 1.29 is 38.1 Å². The maximum atomic E-state index is 12.6. The lowest BCUT2D eigenvalue weighted by molar-refractivity contribution is -0.148. The number of alkyl carbamates (subject to hydrolysis) is 1. The Labute approximate surface area is 259 Å². The number of phenolic OH excluding ortho intramolecular Hbond substituents is 1. The third-order valence-corrected chi connectivity index (χ3v) is 6.61. The van der Waals surface area contributed by atoms with Gasteiger partial charge in [-0.25, -0.2) is 14.6 Å². The normalized spacial score (nSPS) is 12.0. The van der Waals surface area contributed by atoms with E-state index in [0.717, 1.165) is 5.56 Å². The molecule has 0 radical (unpaired) electrons. The number of hydrogen-bond donors (Lipinski definition) is 5. The van der Waals surface area contributed by atoms with Gasteiger partial charge in [0.2, 0.25) is 0 Å². The summed E-state index contributed by atoms with van der Waals surface area (Å²) in [6.07, 6.45) is 2.18. The SMILES string of the molecule is CCC(COC(=O)[C@H](N)Cc1ccc(O)cc1)OC(=O)NCc1cccc(NC(=O)Nc2ccc(-c3cnco3)c(OC)c2)c1. The van der Waals surface area contributed by atoms with E-state index in [2.05, 4.69) is 20.9 Å². The molecule has 3 aromatic carbocycles. The molecule has 0 fully saturated rings. The fraction of sp³-hybridized carbons (Fsp3) is 0.250. The van der Waals surface area contributed by atoms with Gasteiger partial charge in [-0.15, -0.1) is 0 Å². The summed E-state index contributed by atoms with van der Waals surface area (Å²) < 4.78 is 21.4. The van der Waals surface area contributed by atoms with Gasteiger partial charge in [0.1, 0.15) is 30.3 Å². The molecular weight excluding hydrogens is 582 g/mol. The molecule has 1 aromatic heterocycles. The Bertz CT molecular complexity index is 1580. The topological polar surface area (TPSA) is 187 Å². The summed E-state index contributed by atoms with van der Waals surface area (Å²) in [6, 6.07) is 17.1. The summed E-state index contributed by atoms with van der Waals surface area (Å²) in [5.41, 5.74) is 9.13. The molecule has 0 aliphatic carbocycles. The standard InChI is InChI=1S/C32H35N5O8/c1-3-25(18-43-30(39)27(33)14-20-7-10-24(38)11-8-20)45-32(41)35-16-21-5-4-6-22(13-21)36-31(40)37-23-9-12-26(28(15-23)42-2)29-17-34-19-44-29/h4-13,15,17,19,25,27,38H,3,14,16,18,33H2,1-2H3,(H,35,41)(H2,36,37,40)/t25?,27-/m1/s1. The van der Waals surface area contributed by atoms with Crippen molar-refractivity contribution in [3.8, 4) is 22.8 Å². The Morgan fingerprint density at radius 2 is 1.76 bits per heavy atom. The van der Waals surface area contributed by atoms with E-state index < -0.39 is 30.2 Å². The van der Waals surface area contributed by atoms with Crippen LogP contribution in [-0.2, 0) is 27.2 Å². The average molecular weight is 618 g/mol. The third kappa shape index (κ3) is 9.73. The van der Waals surface area contributed by atoms with Gasteiger partial charge < -0.3 is 45.4 Å². The number of carbonyl (C=O) groups is 3. The molecular formula is C32H35N5O8. The van der Waals surface area contributed by atoms with E-state index in [1.54, 1.807) is 67.7 Å². The Morgan fingerprint density at radius 3 is 2.44 bits per heavy atom. The average Bonchev–Trinajstić information content (AvgIpc) is 3.58. The van der Waals surface area contributed by atoms with Gasteiger partial charge in [0, 0.05) is 24.0 Å². The summed E-state index contributed by atoms with van der Waals surface area (Å²) in [4.78, 5) is 41.3. The summed E-state index contributed by atoms with van der Waals surface area (Å²) in [7, 11) is 1.52. The number of nitrogens with two attached hydrogens (primary N) is 1. The van der Waals surface area contributed by atoms with Crippen LogP contribution in [0.3, 0.4) is 0 Å². The van der Waals surface area contributed by atoms with Crippen LogP contribution in [0.1, 0.15) is 24.5 Å². The predicted octanol–water partition coefficient (Wildman–Crippen LogP) is 4.82. The first-order valence-corrected chi connectivity index (χ1v) is 14.1. The number of nitrogens with one attached hydrogen (secondary N) is 3. The van der Waals surface area contributed by atoms with Crippen molar-refractivity contribution in [2.75, 3.05) is 24.4 Å². The van der Waals surface area contributed by atoms with Gasteiger partial charge in [0.05, 0.1) is 18.9 Å². The molecule has 236 valence electrons. The maximum Gasteiger partial charge on any atom is 0.407 e. The number of hydrogen-bond acceptors (Lipinski definition) is 10. The number of esters is 1. The Hall–Kier alpha value is -5.56. The zero-order valence-corrected chi connectivity index (χ0v) is 24.8. The van der Waals surface area contributed by atoms with E-state index in [1.165, 1.54) is 25.6 Å². The van der Waals surface area contributed by atoms with E-state index in [9.17, 15) is 19.5 Å². The molecule has 4 rings (SSSR count). The number of amides is 3. The van der Waals surface area contributed by atoms with Gasteiger partial charge in [0.25, 0.3) is 0 Å². The van der Waals surface area contributed by atoms with E-state index in [-0.39, 0.29) is 25.3 Å². The zero-order valence-electron chi connectivity index (χ0n) is 24.8. The molecule has 2 atom stereocenters.